The zero-order valence-electron chi connectivity index (χ0n) is 8.31. The van der Waals surface area contributed by atoms with Crippen molar-refractivity contribution < 1.29 is 24.5 Å². The van der Waals surface area contributed by atoms with E-state index in [1.165, 1.54) is 0 Å². The van der Waals surface area contributed by atoms with E-state index in [4.69, 9.17) is 9.84 Å². The summed E-state index contributed by atoms with van der Waals surface area (Å²) in [6, 6.07) is 0. The van der Waals surface area contributed by atoms with Crippen LogP contribution < -0.4 is 0 Å². The molecule has 2 aliphatic rings. The molecule has 3 atom stereocenters. The molecule has 0 spiro atoms. The molecule has 1 aliphatic carbocycles. The first-order valence-corrected chi connectivity index (χ1v) is 5.17. The minimum absolute atomic E-state index is 0.385. The largest absolute Gasteiger partial charge is 0.481 e. The van der Waals surface area contributed by atoms with Gasteiger partial charge in [-0.25, -0.2) is 0 Å². The number of rotatable bonds is 3. The van der Waals surface area contributed by atoms with Gasteiger partial charge in [0.05, 0.1) is 18.6 Å². The summed E-state index contributed by atoms with van der Waals surface area (Å²) >= 11 is 0. The SMILES string of the molecule is O=C(O)C1CCCCC1(C(=O)O)C1CO1. The molecule has 3 unspecified atom stereocenters. The minimum Gasteiger partial charge on any atom is -0.481 e. The molecule has 5 nitrogen and oxygen atoms in total. The van der Waals surface area contributed by atoms with Crippen LogP contribution in [-0.4, -0.2) is 34.9 Å². The number of ether oxygens (including phenoxy) is 1. The smallest absolute Gasteiger partial charge is 0.313 e. The van der Waals surface area contributed by atoms with Crippen LogP contribution in [0.4, 0.5) is 0 Å². The monoisotopic (exact) mass is 214 g/mol. The fraction of sp³-hybridized carbons (Fsp3) is 0.800. The standard InChI is InChI=1S/C10H14O5/c11-8(12)6-3-1-2-4-10(6,9(13)14)7-5-15-7/h6-7H,1-5H2,(H,11,12)(H,13,14). The Bertz CT molecular complexity index is 296. The molecular weight excluding hydrogens is 200 g/mol. The van der Waals surface area contributed by atoms with Crippen molar-refractivity contribution in [2.45, 2.75) is 31.8 Å². The lowest BCUT2D eigenvalue weighted by Gasteiger charge is -2.37. The lowest BCUT2D eigenvalue weighted by molar-refractivity contribution is -0.168. The maximum atomic E-state index is 11.3. The van der Waals surface area contributed by atoms with Gasteiger partial charge in [-0.15, -0.1) is 0 Å². The van der Waals surface area contributed by atoms with Crippen LogP contribution in [0.2, 0.25) is 0 Å². The minimum atomic E-state index is -1.18. The van der Waals surface area contributed by atoms with Gasteiger partial charge in [0.25, 0.3) is 0 Å². The van der Waals surface area contributed by atoms with Crippen LogP contribution in [0.15, 0.2) is 0 Å². The average Bonchev–Trinajstić information content (AvgIpc) is 3.00. The summed E-state index contributed by atoms with van der Waals surface area (Å²) in [7, 11) is 0. The zero-order chi connectivity index (χ0) is 11.1. The van der Waals surface area contributed by atoms with E-state index in [0.717, 1.165) is 12.8 Å². The summed E-state index contributed by atoms with van der Waals surface area (Å²) in [5, 5.41) is 18.4. The molecule has 0 radical (unpaired) electrons. The van der Waals surface area contributed by atoms with Gasteiger partial charge >= 0.3 is 11.9 Å². The molecule has 1 saturated carbocycles. The van der Waals surface area contributed by atoms with Crippen LogP contribution in [0.3, 0.4) is 0 Å². The normalized spacial score (nSPS) is 39.7. The topological polar surface area (TPSA) is 87.1 Å². The fourth-order valence-electron chi connectivity index (χ4n) is 2.67. The van der Waals surface area contributed by atoms with Gasteiger partial charge in [-0.3, -0.25) is 9.59 Å². The predicted molar refractivity (Wildman–Crippen MR) is 49.4 cm³/mol. The summed E-state index contributed by atoms with van der Waals surface area (Å²) in [6.07, 6.45) is 2.04. The van der Waals surface area contributed by atoms with Gasteiger partial charge in [0.15, 0.2) is 0 Å². The first-order chi connectivity index (χ1) is 7.09. The van der Waals surface area contributed by atoms with E-state index in [1.54, 1.807) is 0 Å². The summed E-state index contributed by atoms with van der Waals surface area (Å²) in [4.78, 5) is 22.4. The quantitative estimate of drug-likeness (QED) is 0.676. The van der Waals surface area contributed by atoms with Gasteiger partial charge in [-0.2, -0.15) is 0 Å². The van der Waals surface area contributed by atoms with Gasteiger partial charge in [0, 0.05) is 0 Å². The van der Waals surface area contributed by atoms with Crippen molar-refractivity contribution in [1.82, 2.24) is 0 Å². The Hall–Kier alpha value is -1.10. The maximum Gasteiger partial charge on any atom is 0.313 e. The molecule has 0 amide bonds. The molecule has 1 heterocycles. The van der Waals surface area contributed by atoms with Gasteiger partial charge in [0.2, 0.25) is 0 Å². The Kier molecular flexibility index (Phi) is 2.42. The van der Waals surface area contributed by atoms with Crippen molar-refractivity contribution in [2.75, 3.05) is 6.61 Å². The van der Waals surface area contributed by atoms with Crippen molar-refractivity contribution in [3.8, 4) is 0 Å². The third-order valence-corrected chi connectivity index (χ3v) is 3.56. The first-order valence-electron chi connectivity index (χ1n) is 5.17. The number of hydrogen-bond donors (Lipinski definition) is 2. The number of carbonyl (C=O) groups is 2. The Morgan fingerprint density at radius 1 is 1.27 bits per heavy atom. The second-order valence-corrected chi connectivity index (χ2v) is 4.30. The third-order valence-electron chi connectivity index (χ3n) is 3.56. The number of carboxylic acid groups (broad SMARTS) is 2. The molecule has 2 rings (SSSR count). The Balaban J connectivity index is 2.32. The average molecular weight is 214 g/mol. The molecule has 1 saturated heterocycles. The van der Waals surface area contributed by atoms with Crippen LogP contribution in [0.5, 0.6) is 0 Å². The highest BCUT2D eigenvalue weighted by Gasteiger charge is 2.60. The van der Waals surface area contributed by atoms with Gasteiger partial charge < -0.3 is 14.9 Å². The molecule has 1 aliphatic heterocycles. The van der Waals surface area contributed by atoms with Crippen molar-refractivity contribution >= 4 is 11.9 Å². The Morgan fingerprint density at radius 2 is 1.93 bits per heavy atom. The molecule has 2 fully saturated rings. The summed E-state index contributed by atoms with van der Waals surface area (Å²) in [5.74, 6) is -2.82. The van der Waals surface area contributed by atoms with Crippen LogP contribution in [-0.2, 0) is 14.3 Å². The summed E-state index contributed by atoms with van der Waals surface area (Å²) in [5.41, 5.74) is -1.18. The molecule has 0 bridgehead atoms. The highest BCUT2D eigenvalue weighted by Crippen LogP contribution is 2.49. The Labute approximate surface area is 87.0 Å². The van der Waals surface area contributed by atoms with Crippen LogP contribution >= 0.6 is 0 Å². The zero-order valence-corrected chi connectivity index (χ0v) is 8.31. The van der Waals surface area contributed by atoms with Crippen LogP contribution in [0, 0.1) is 11.3 Å². The van der Waals surface area contributed by atoms with E-state index in [2.05, 4.69) is 0 Å². The van der Waals surface area contributed by atoms with Crippen LogP contribution in [0.1, 0.15) is 25.7 Å². The van der Waals surface area contributed by atoms with Crippen molar-refractivity contribution in [3.05, 3.63) is 0 Å². The van der Waals surface area contributed by atoms with E-state index >= 15 is 0 Å². The van der Waals surface area contributed by atoms with E-state index in [-0.39, 0.29) is 0 Å². The molecule has 0 aromatic heterocycles. The highest BCUT2D eigenvalue weighted by atomic mass is 16.6. The van der Waals surface area contributed by atoms with Gasteiger partial charge in [0.1, 0.15) is 5.41 Å². The molecule has 15 heavy (non-hydrogen) atoms. The second-order valence-electron chi connectivity index (χ2n) is 4.30. The summed E-state index contributed by atoms with van der Waals surface area (Å²) in [6.45, 7) is 0.385. The fourth-order valence-corrected chi connectivity index (χ4v) is 2.67. The number of epoxide rings is 1. The highest BCUT2D eigenvalue weighted by molar-refractivity contribution is 5.84. The molecule has 5 heteroatoms. The lowest BCUT2D eigenvalue weighted by Crippen LogP contribution is -2.48. The molecule has 84 valence electrons. The van der Waals surface area contributed by atoms with E-state index in [9.17, 15) is 14.7 Å². The third kappa shape index (κ3) is 1.51. The number of aliphatic carboxylic acids is 2. The predicted octanol–water partition coefficient (Wildman–Crippen LogP) is 0.731. The van der Waals surface area contributed by atoms with Crippen molar-refractivity contribution in [2.24, 2.45) is 11.3 Å². The van der Waals surface area contributed by atoms with Crippen LogP contribution in [0.25, 0.3) is 0 Å². The number of hydrogen-bond acceptors (Lipinski definition) is 3. The van der Waals surface area contributed by atoms with Gasteiger partial charge in [-0.1, -0.05) is 12.8 Å². The lowest BCUT2D eigenvalue weighted by atomic mass is 9.64. The van der Waals surface area contributed by atoms with Crippen molar-refractivity contribution in [1.29, 1.82) is 0 Å². The molecule has 2 N–H and O–H groups in total. The van der Waals surface area contributed by atoms with Gasteiger partial charge in [-0.05, 0) is 12.8 Å². The summed E-state index contributed by atoms with van der Waals surface area (Å²) < 4.78 is 5.05. The van der Waals surface area contributed by atoms with E-state index < -0.39 is 29.4 Å². The number of carboxylic acids is 2. The first kappa shape index (κ1) is 10.4. The molecule has 0 aromatic carbocycles. The second kappa shape index (κ2) is 3.48. The molecule has 0 aromatic rings. The Morgan fingerprint density at radius 3 is 2.40 bits per heavy atom. The molecular formula is C10H14O5. The van der Waals surface area contributed by atoms with E-state index in [0.29, 0.717) is 19.4 Å². The van der Waals surface area contributed by atoms with Crippen molar-refractivity contribution in [3.63, 3.8) is 0 Å². The maximum absolute atomic E-state index is 11.3. The van der Waals surface area contributed by atoms with E-state index in [1.807, 2.05) is 0 Å².